The number of carbonyl (C=O) groups excluding carboxylic acids is 4. The number of amides is 4. The third-order valence-electron chi connectivity index (χ3n) is 5.35. The summed E-state index contributed by atoms with van der Waals surface area (Å²) in [7, 11) is 1.51. The van der Waals surface area contributed by atoms with E-state index in [1.165, 1.54) is 30.1 Å². The number of hydrogen-bond acceptors (Lipinski definition) is 4. The predicted molar refractivity (Wildman–Crippen MR) is 120 cm³/mol. The smallest absolute Gasteiger partial charge is 0.261 e. The van der Waals surface area contributed by atoms with Crippen molar-refractivity contribution in [1.29, 1.82) is 0 Å². The number of anilines is 1. The van der Waals surface area contributed by atoms with Gasteiger partial charge in [-0.05, 0) is 42.3 Å². The minimum Gasteiger partial charge on any atom is -0.355 e. The third-order valence-corrected chi connectivity index (χ3v) is 5.35. The SMILES string of the molecule is CNC(=O)c1ccccc1NC(=O)c1ccc2c(c1)C(=O)N(CCc1ccccc1)C2=O. The fraction of sp³-hybridized carbons (Fsp3) is 0.120. The molecule has 0 fully saturated rings. The lowest BCUT2D eigenvalue weighted by atomic mass is 10.0. The second-order valence-corrected chi connectivity index (χ2v) is 7.34. The number of imide groups is 1. The van der Waals surface area contributed by atoms with Crippen LogP contribution in [0.15, 0.2) is 72.8 Å². The first kappa shape index (κ1) is 21.0. The first-order valence-corrected chi connectivity index (χ1v) is 10.2. The summed E-state index contributed by atoms with van der Waals surface area (Å²) in [6.07, 6.45) is 0.552. The summed E-state index contributed by atoms with van der Waals surface area (Å²) in [6, 6.07) is 20.7. The van der Waals surface area contributed by atoms with Crippen molar-refractivity contribution in [1.82, 2.24) is 10.2 Å². The van der Waals surface area contributed by atoms with Gasteiger partial charge in [0.15, 0.2) is 0 Å². The topological polar surface area (TPSA) is 95.6 Å². The Balaban J connectivity index is 1.52. The summed E-state index contributed by atoms with van der Waals surface area (Å²) in [4.78, 5) is 51.6. The average molecular weight is 427 g/mol. The first-order valence-electron chi connectivity index (χ1n) is 10.2. The van der Waals surface area contributed by atoms with Gasteiger partial charge in [0.1, 0.15) is 0 Å². The Hall–Kier alpha value is -4.26. The number of nitrogens with zero attached hydrogens (tertiary/aromatic N) is 1. The van der Waals surface area contributed by atoms with Crippen LogP contribution >= 0.6 is 0 Å². The van der Waals surface area contributed by atoms with Gasteiger partial charge in [0.25, 0.3) is 23.6 Å². The van der Waals surface area contributed by atoms with Gasteiger partial charge in [0.2, 0.25) is 0 Å². The van der Waals surface area contributed by atoms with Crippen LogP contribution in [0.1, 0.15) is 47.0 Å². The molecule has 0 atom stereocenters. The third kappa shape index (κ3) is 4.00. The van der Waals surface area contributed by atoms with Crippen LogP contribution in [0.5, 0.6) is 0 Å². The first-order chi connectivity index (χ1) is 15.5. The van der Waals surface area contributed by atoms with E-state index in [9.17, 15) is 19.2 Å². The van der Waals surface area contributed by atoms with E-state index in [-0.39, 0.29) is 35.0 Å². The quantitative estimate of drug-likeness (QED) is 0.591. The molecule has 7 nitrogen and oxygen atoms in total. The van der Waals surface area contributed by atoms with Gasteiger partial charge in [-0.1, -0.05) is 42.5 Å². The Morgan fingerprint density at radius 1 is 0.812 bits per heavy atom. The molecular weight excluding hydrogens is 406 g/mol. The summed E-state index contributed by atoms with van der Waals surface area (Å²) in [5.41, 5.74) is 2.41. The van der Waals surface area contributed by atoms with Crippen LogP contribution in [0.25, 0.3) is 0 Å². The largest absolute Gasteiger partial charge is 0.355 e. The monoisotopic (exact) mass is 427 g/mol. The summed E-state index contributed by atoms with van der Waals surface area (Å²) in [5, 5.41) is 5.24. The zero-order chi connectivity index (χ0) is 22.7. The minimum atomic E-state index is -0.480. The maximum absolute atomic E-state index is 12.9. The van der Waals surface area contributed by atoms with Gasteiger partial charge < -0.3 is 10.6 Å². The van der Waals surface area contributed by atoms with Gasteiger partial charge in [-0.15, -0.1) is 0 Å². The molecule has 1 heterocycles. The summed E-state index contributed by atoms with van der Waals surface area (Å²) in [6.45, 7) is 0.261. The fourth-order valence-electron chi connectivity index (χ4n) is 3.64. The van der Waals surface area contributed by atoms with Crippen LogP contribution < -0.4 is 10.6 Å². The Morgan fingerprint density at radius 2 is 1.50 bits per heavy atom. The molecule has 0 saturated carbocycles. The average Bonchev–Trinajstić information content (AvgIpc) is 3.07. The molecule has 0 radical (unpaired) electrons. The number of rotatable bonds is 6. The van der Waals surface area contributed by atoms with Crippen LogP contribution in [-0.2, 0) is 6.42 Å². The van der Waals surface area contributed by atoms with Crippen molar-refractivity contribution < 1.29 is 19.2 Å². The predicted octanol–water partition coefficient (Wildman–Crippen LogP) is 3.14. The molecule has 3 aromatic carbocycles. The van der Waals surface area contributed by atoms with Crippen molar-refractivity contribution in [2.24, 2.45) is 0 Å². The zero-order valence-corrected chi connectivity index (χ0v) is 17.4. The standard InChI is InChI=1S/C25H21N3O4/c1-26-23(30)19-9-5-6-10-21(19)27-22(29)17-11-12-18-20(15-17)25(32)28(24(18)31)14-13-16-7-3-2-4-8-16/h2-12,15H,13-14H2,1H3,(H,26,30)(H,27,29). The second kappa shape index (κ2) is 8.85. The van der Waals surface area contributed by atoms with E-state index in [2.05, 4.69) is 10.6 Å². The van der Waals surface area contributed by atoms with E-state index < -0.39 is 11.8 Å². The van der Waals surface area contributed by atoms with Crippen molar-refractivity contribution in [2.75, 3.05) is 18.9 Å². The fourth-order valence-corrected chi connectivity index (χ4v) is 3.64. The lowest BCUT2D eigenvalue weighted by Gasteiger charge is -2.13. The van der Waals surface area contributed by atoms with Crippen LogP contribution in [0, 0.1) is 0 Å². The van der Waals surface area contributed by atoms with Gasteiger partial charge in [-0.2, -0.15) is 0 Å². The highest BCUT2D eigenvalue weighted by Gasteiger charge is 2.35. The molecule has 0 unspecified atom stereocenters. The normalized spacial score (nSPS) is 12.5. The lowest BCUT2D eigenvalue weighted by Crippen LogP contribution is -2.31. The van der Waals surface area contributed by atoms with Crippen LogP contribution in [0.3, 0.4) is 0 Å². The van der Waals surface area contributed by atoms with Gasteiger partial charge in [-0.3, -0.25) is 24.1 Å². The molecule has 1 aliphatic rings. The lowest BCUT2D eigenvalue weighted by molar-refractivity contribution is 0.0655. The van der Waals surface area contributed by atoms with Crippen LogP contribution in [-0.4, -0.2) is 42.1 Å². The number of nitrogens with one attached hydrogen (secondary N) is 2. The van der Waals surface area contributed by atoms with Crippen molar-refractivity contribution >= 4 is 29.3 Å². The molecule has 0 spiro atoms. The van der Waals surface area contributed by atoms with E-state index in [4.69, 9.17) is 0 Å². The Bertz CT molecular complexity index is 1220. The molecule has 0 aromatic heterocycles. The van der Waals surface area contributed by atoms with E-state index in [1.54, 1.807) is 24.3 Å². The number of para-hydroxylation sites is 1. The molecule has 4 rings (SSSR count). The van der Waals surface area contributed by atoms with E-state index in [1.807, 2.05) is 30.3 Å². The number of benzene rings is 3. The molecule has 7 heteroatoms. The van der Waals surface area contributed by atoms with Gasteiger partial charge in [0, 0.05) is 19.2 Å². The van der Waals surface area contributed by atoms with E-state index >= 15 is 0 Å². The van der Waals surface area contributed by atoms with Crippen molar-refractivity contribution in [3.63, 3.8) is 0 Å². The molecule has 0 bridgehead atoms. The van der Waals surface area contributed by atoms with Crippen molar-refractivity contribution in [3.8, 4) is 0 Å². The maximum Gasteiger partial charge on any atom is 0.261 e. The molecule has 1 aliphatic heterocycles. The zero-order valence-electron chi connectivity index (χ0n) is 17.4. The molecule has 4 amide bonds. The molecule has 160 valence electrons. The number of hydrogen-bond donors (Lipinski definition) is 2. The molecule has 32 heavy (non-hydrogen) atoms. The molecule has 2 N–H and O–H groups in total. The van der Waals surface area contributed by atoms with Crippen molar-refractivity contribution in [2.45, 2.75) is 6.42 Å². The summed E-state index contributed by atoms with van der Waals surface area (Å²) < 4.78 is 0. The Kier molecular flexibility index (Phi) is 5.81. The van der Waals surface area contributed by atoms with Crippen molar-refractivity contribution in [3.05, 3.63) is 101 Å². The maximum atomic E-state index is 12.9. The Labute approximate surface area is 185 Å². The number of carbonyl (C=O) groups is 4. The van der Waals surface area contributed by atoms with Gasteiger partial charge in [0.05, 0.1) is 22.4 Å². The van der Waals surface area contributed by atoms with E-state index in [0.717, 1.165) is 5.56 Å². The second-order valence-electron chi connectivity index (χ2n) is 7.34. The van der Waals surface area contributed by atoms with Crippen LogP contribution in [0.2, 0.25) is 0 Å². The highest BCUT2D eigenvalue weighted by molar-refractivity contribution is 6.22. The highest BCUT2D eigenvalue weighted by Crippen LogP contribution is 2.25. The highest BCUT2D eigenvalue weighted by atomic mass is 16.2. The molecule has 0 aliphatic carbocycles. The van der Waals surface area contributed by atoms with Gasteiger partial charge >= 0.3 is 0 Å². The van der Waals surface area contributed by atoms with E-state index in [0.29, 0.717) is 17.7 Å². The number of fused-ring (bicyclic) bond motifs is 1. The molecule has 3 aromatic rings. The summed E-state index contributed by atoms with van der Waals surface area (Å²) >= 11 is 0. The summed E-state index contributed by atoms with van der Waals surface area (Å²) in [5.74, 6) is -1.59. The Morgan fingerprint density at radius 3 is 2.25 bits per heavy atom. The van der Waals surface area contributed by atoms with Crippen LogP contribution in [0.4, 0.5) is 5.69 Å². The van der Waals surface area contributed by atoms with Gasteiger partial charge in [-0.25, -0.2) is 0 Å². The molecule has 0 saturated heterocycles. The molecular formula is C25H21N3O4. The minimum absolute atomic E-state index is 0.204.